The average molecular weight is 252 g/mol. The third-order valence-electron chi connectivity index (χ3n) is 3.71. The van der Waals surface area contributed by atoms with Crippen LogP contribution in [0.1, 0.15) is 52.4 Å². The molecule has 0 saturated carbocycles. The Balaban J connectivity index is 2.55. The number of aryl methyl sites for hydroxylation is 2. The molecule has 0 amide bonds. The van der Waals surface area contributed by atoms with Gasteiger partial charge in [0.25, 0.3) is 0 Å². The second kappa shape index (κ2) is 5.40. The first-order valence-corrected chi connectivity index (χ1v) is 6.67. The van der Waals surface area contributed by atoms with Crippen LogP contribution in [0.4, 0.5) is 0 Å². The fourth-order valence-corrected chi connectivity index (χ4v) is 2.60. The van der Waals surface area contributed by atoms with Crippen molar-refractivity contribution in [1.29, 1.82) is 0 Å². The fraction of sp³-hybridized carbons (Fsp3) is 0.278. The van der Waals surface area contributed by atoms with Crippen molar-refractivity contribution in [3.63, 3.8) is 0 Å². The normalized spacial score (nSPS) is 12.2. The number of hydrogen-bond acceptors (Lipinski definition) is 1. The van der Waals surface area contributed by atoms with E-state index in [0.29, 0.717) is 0 Å². The number of Topliss-reactive ketones (excluding diaryl/α,β-unsaturated/α-hetero) is 1. The number of carbonyl (C=O) groups excluding carboxylic acids is 1. The molecule has 0 heterocycles. The van der Waals surface area contributed by atoms with Crippen molar-refractivity contribution < 1.29 is 4.79 Å². The van der Waals surface area contributed by atoms with E-state index in [0.717, 1.165) is 11.1 Å². The maximum atomic E-state index is 11.8. The van der Waals surface area contributed by atoms with Crippen LogP contribution in [0.3, 0.4) is 0 Å². The summed E-state index contributed by atoms with van der Waals surface area (Å²) in [6.07, 6.45) is 0. The van der Waals surface area contributed by atoms with Crippen LogP contribution in [0, 0.1) is 13.8 Å². The van der Waals surface area contributed by atoms with Crippen LogP contribution in [-0.2, 0) is 0 Å². The minimum absolute atomic E-state index is 0.135. The maximum absolute atomic E-state index is 11.8. The Hall–Kier alpha value is -1.89. The Morgan fingerprint density at radius 3 is 2.32 bits per heavy atom. The van der Waals surface area contributed by atoms with Gasteiger partial charge in [-0.3, -0.25) is 4.79 Å². The highest BCUT2D eigenvalue weighted by Crippen LogP contribution is 2.30. The van der Waals surface area contributed by atoms with Crippen molar-refractivity contribution in [2.75, 3.05) is 0 Å². The molecule has 1 atom stereocenters. The molecule has 2 aromatic carbocycles. The molecule has 19 heavy (non-hydrogen) atoms. The lowest BCUT2D eigenvalue weighted by molar-refractivity contribution is 0.101. The molecule has 0 spiro atoms. The lowest BCUT2D eigenvalue weighted by Gasteiger charge is -2.18. The minimum Gasteiger partial charge on any atom is -0.295 e. The Bertz CT molecular complexity index is 611. The summed E-state index contributed by atoms with van der Waals surface area (Å²) in [5, 5.41) is 0. The third kappa shape index (κ3) is 2.76. The standard InChI is InChI=1S/C18H20O/c1-12-9-10-17(15(4)19)18(11-12)14(3)16-8-6-5-7-13(16)2/h5-11,14H,1-4H3. The first kappa shape index (κ1) is 13.5. The van der Waals surface area contributed by atoms with Gasteiger partial charge in [-0.15, -0.1) is 0 Å². The highest BCUT2D eigenvalue weighted by molar-refractivity contribution is 5.96. The van der Waals surface area contributed by atoms with Gasteiger partial charge in [0.15, 0.2) is 5.78 Å². The molecular formula is C18H20O. The predicted molar refractivity (Wildman–Crippen MR) is 79.9 cm³/mol. The summed E-state index contributed by atoms with van der Waals surface area (Å²) < 4.78 is 0. The van der Waals surface area contributed by atoms with Crippen LogP contribution in [0.25, 0.3) is 0 Å². The number of hydrogen-bond donors (Lipinski definition) is 0. The van der Waals surface area contributed by atoms with Crippen LogP contribution >= 0.6 is 0 Å². The van der Waals surface area contributed by atoms with E-state index in [2.05, 4.69) is 45.0 Å². The Labute approximate surface area is 115 Å². The first-order chi connectivity index (χ1) is 9.00. The zero-order chi connectivity index (χ0) is 14.0. The van der Waals surface area contributed by atoms with Gasteiger partial charge in [-0.25, -0.2) is 0 Å². The van der Waals surface area contributed by atoms with Crippen molar-refractivity contribution in [2.24, 2.45) is 0 Å². The van der Waals surface area contributed by atoms with E-state index in [1.165, 1.54) is 16.7 Å². The highest BCUT2D eigenvalue weighted by Gasteiger charge is 2.16. The van der Waals surface area contributed by atoms with Gasteiger partial charge in [-0.2, -0.15) is 0 Å². The van der Waals surface area contributed by atoms with Gasteiger partial charge in [0.2, 0.25) is 0 Å². The number of benzene rings is 2. The third-order valence-corrected chi connectivity index (χ3v) is 3.71. The van der Waals surface area contributed by atoms with Gasteiger partial charge in [0.1, 0.15) is 0 Å². The molecule has 0 aliphatic heterocycles. The van der Waals surface area contributed by atoms with Crippen LogP contribution < -0.4 is 0 Å². The lowest BCUT2D eigenvalue weighted by atomic mass is 9.85. The van der Waals surface area contributed by atoms with E-state index in [4.69, 9.17) is 0 Å². The second-order valence-electron chi connectivity index (χ2n) is 5.23. The zero-order valence-electron chi connectivity index (χ0n) is 12.0. The van der Waals surface area contributed by atoms with Gasteiger partial charge < -0.3 is 0 Å². The molecule has 0 aliphatic carbocycles. The second-order valence-corrected chi connectivity index (χ2v) is 5.23. The summed E-state index contributed by atoms with van der Waals surface area (Å²) in [7, 11) is 0. The van der Waals surface area contributed by atoms with Gasteiger partial charge >= 0.3 is 0 Å². The minimum atomic E-state index is 0.135. The van der Waals surface area contributed by atoms with Crippen LogP contribution in [0.15, 0.2) is 42.5 Å². The van der Waals surface area contributed by atoms with E-state index < -0.39 is 0 Å². The van der Waals surface area contributed by atoms with Crippen molar-refractivity contribution in [3.05, 3.63) is 70.3 Å². The summed E-state index contributed by atoms with van der Waals surface area (Å²) in [5.74, 6) is 0.371. The Morgan fingerprint density at radius 2 is 1.68 bits per heavy atom. The molecular weight excluding hydrogens is 232 g/mol. The Morgan fingerprint density at radius 1 is 1.00 bits per heavy atom. The van der Waals surface area contributed by atoms with Crippen LogP contribution in [0.2, 0.25) is 0 Å². The molecule has 1 nitrogen and oxygen atoms in total. The Kier molecular flexibility index (Phi) is 3.84. The quantitative estimate of drug-likeness (QED) is 0.726. The van der Waals surface area contributed by atoms with Gasteiger partial charge in [-0.05, 0) is 37.5 Å². The summed E-state index contributed by atoms with van der Waals surface area (Å²) in [6.45, 7) is 8.00. The maximum Gasteiger partial charge on any atom is 0.160 e. The molecule has 0 N–H and O–H groups in total. The number of rotatable bonds is 3. The summed E-state index contributed by atoms with van der Waals surface area (Å²) in [4.78, 5) is 11.8. The molecule has 0 saturated heterocycles. The monoisotopic (exact) mass is 252 g/mol. The van der Waals surface area contributed by atoms with Gasteiger partial charge in [0.05, 0.1) is 0 Å². The van der Waals surface area contributed by atoms with Gasteiger partial charge in [-0.1, -0.05) is 55.0 Å². The molecule has 2 aromatic rings. The van der Waals surface area contributed by atoms with E-state index in [1.807, 2.05) is 18.2 Å². The fourth-order valence-electron chi connectivity index (χ4n) is 2.60. The summed E-state index contributed by atoms with van der Waals surface area (Å²) >= 11 is 0. The molecule has 1 unspecified atom stereocenters. The van der Waals surface area contributed by atoms with E-state index in [-0.39, 0.29) is 11.7 Å². The van der Waals surface area contributed by atoms with E-state index in [9.17, 15) is 4.79 Å². The molecule has 0 radical (unpaired) electrons. The number of carbonyl (C=O) groups is 1. The van der Waals surface area contributed by atoms with E-state index >= 15 is 0 Å². The predicted octanol–water partition coefficient (Wildman–Crippen LogP) is 4.66. The molecule has 0 aliphatic rings. The summed E-state index contributed by atoms with van der Waals surface area (Å²) in [6, 6.07) is 14.5. The molecule has 2 rings (SSSR count). The highest BCUT2D eigenvalue weighted by atomic mass is 16.1. The molecule has 0 fully saturated rings. The average Bonchev–Trinajstić information content (AvgIpc) is 2.38. The van der Waals surface area contributed by atoms with Crippen molar-refractivity contribution in [2.45, 2.75) is 33.6 Å². The van der Waals surface area contributed by atoms with Crippen LogP contribution in [-0.4, -0.2) is 5.78 Å². The molecule has 98 valence electrons. The van der Waals surface area contributed by atoms with Crippen molar-refractivity contribution in [3.8, 4) is 0 Å². The summed E-state index contributed by atoms with van der Waals surface area (Å²) in [5.41, 5.74) is 5.71. The van der Waals surface area contributed by atoms with Gasteiger partial charge in [0, 0.05) is 11.5 Å². The topological polar surface area (TPSA) is 17.1 Å². The molecule has 0 aromatic heterocycles. The molecule has 1 heteroatoms. The number of ketones is 1. The zero-order valence-corrected chi connectivity index (χ0v) is 12.0. The first-order valence-electron chi connectivity index (χ1n) is 6.67. The lowest BCUT2D eigenvalue weighted by Crippen LogP contribution is -2.06. The van der Waals surface area contributed by atoms with Crippen molar-refractivity contribution >= 4 is 5.78 Å². The smallest absolute Gasteiger partial charge is 0.160 e. The molecule has 0 bridgehead atoms. The van der Waals surface area contributed by atoms with E-state index in [1.54, 1.807) is 6.92 Å². The SMILES string of the molecule is CC(=O)c1ccc(C)cc1C(C)c1ccccc1C. The van der Waals surface area contributed by atoms with Crippen molar-refractivity contribution in [1.82, 2.24) is 0 Å². The largest absolute Gasteiger partial charge is 0.295 e. The van der Waals surface area contributed by atoms with Crippen LogP contribution in [0.5, 0.6) is 0 Å².